The molecule has 1 heterocycles. The summed E-state index contributed by atoms with van der Waals surface area (Å²) in [5.41, 5.74) is 3.16. The molecule has 1 amide bonds. The highest BCUT2D eigenvalue weighted by molar-refractivity contribution is 5.78. The lowest BCUT2D eigenvalue weighted by Crippen LogP contribution is -2.39. The number of rotatable bonds is 7. The Kier molecular flexibility index (Phi) is 6.05. The van der Waals surface area contributed by atoms with Crippen molar-refractivity contribution in [3.8, 4) is 11.4 Å². The minimum atomic E-state index is -0.110. The Morgan fingerprint density at radius 3 is 2.52 bits per heavy atom. The standard InChI is InChI=1S/C22H26N4O3/c27-13-12-16-10-11-21(29-15-22(28)23-17-6-2-1-3-7-17)20(14-16)26-24-18-8-4-5-9-19(18)25-26/h4-5,8-11,14,17,27H,1-3,6-7,12-13,15H2,(H,23,28). The Hall–Kier alpha value is -2.93. The van der Waals surface area contributed by atoms with Gasteiger partial charge in [-0.3, -0.25) is 4.79 Å². The van der Waals surface area contributed by atoms with Crippen molar-refractivity contribution in [1.29, 1.82) is 0 Å². The van der Waals surface area contributed by atoms with Crippen LogP contribution in [0.1, 0.15) is 37.7 Å². The second-order valence-electron chi connectivity index (χ2n) is 7.44. The molecule has 7 heteroatoms. The first-order valence-electron chi connectivity index (χ1n) is 10.2. The van der Waals surface area contributed by atoms with Gasteiger partial charge in [0.05, 0.1) is 0 Å². The third-order valence-electron chi connectivity index (χ3n) is 5.25. The van der Waals surface area contributed by atoms with Crippen LogP contribution in [0.4, 0.5) is 0 Å². The largest absolute Gasteiger partial charge is 0.481 e. The molecule has 2 N–H and O–H groups in total. The van der Waals surface area contributed by atoms with E-state index < -0.39 is 0 Å². The average molecular weight is 394 g/mol. The van der Waals surface area contributed by atoms with Crippen LogP contribution in [-0.4, -0.2) is 45.3 Å². The second kappa shape index (κ2) is 9.05. The van der Waals surface area contributed by atoms with Gasteiger partial charge in [0.1, 0.15) is 22.5 Å². The van der Waals surface area contributed by atoms with Crippen molar-refractivity contribution >= 4 is 16.9 Å². The van der Waals surface area contributed by atoms with Crippen LogP contribution < -0.4 is 10.1 Å². The summed E-state index contributed by atoms with van der Waals surface area (Å²) >= 11 is 0. The van der Waals surface area contributed by atoms with Crippen molar-refractivity contribution in [3.63, 3.8) is 0 Å². The minimum Gasteiger partial charge on any atom is -0.481 e. The Morgan fingerprint density at radius 2 is 1.83 bits per heavy atom. The molecular weight excluding hydrogens is 368 g/mol. The van der Waals surface area contributed by atoms with E-state index >= 15 is 0 Å². The van der Waals surface area contributed by atoms with Gasteiger partial charge in [-0.05, 0) is 49.1 Å². The molecule has 1 fully saturated rings. The van der Waals surface area contributed by atoms with Gasteiger partial charge in [-0.2, -0.15) is 0 Å². The number of hydrogen-bond donors (Lipinski definition) is 2. The molecule has 1 aromatic heterocycles. The Labute approximate surface area is 169 Å². The number of carbonyl (C=O) groups is 1. The van der Waals surface area contributed by atoms with Crippen LogP contribution in [0.2, 0.25) is 0 Å². The molecule has 0 aliphatic heterocycles. The number of amides is 1. The van der Waals surface area contributed by atoms with E-state index in [1.54, 1.807) is 0 Å². The zero-order chi connectivity index (χ0) is 20.1. The molecule has 7 nitrogen and oxygen atoms in total. The number of fused-ring (bicyclic) bond motifs is 1. The Balaban J connectivity index is 1.53. The number of aromatic nitrogens is 3. The fourth-order valence-electron chi connectivity index (χ4n) is 3.75. The maximum Gasteiger partial charge on any atom is 0.258 e. The summed E-state index contributed by atoms with van der Waals surface area (Å²) in [6.45, 7) is 0.00157. The predicted octanol–water partition coefficient (Wildman–Crippen LogP) is 2.78. The second-order valence-corrected chi connectivity index (χ2v) is 7.44. The molecule has 0 bridgehead atoms. The Bertz CT molecular complexity index is 946. The molecule has 152 valence electrons. The van der Waals surface area contributed by atoms with E-state index in [-0.39, 0.29) is 25.2 Å². The van der Waals surface area contributed by atoms with Crippen LogP contribution in [0.5, 0.6) is 5.75 Å². The van der Waals surface area contributed by atoms with E-state index in [4.69, 9.17) is 4.74 Å². The summed E-state index contributed by atoms with van der Waals surface area (Å²) in [7, 11) is 0. The summed E-state index contributed by atoms with van der Waals surface area (Å²) in [5.74, 6) is 0.423. The highest BCUT2D eigenvalue weighted by Crippen LogP contribution is 2.25. The van der Waals surface area contributed by atoms with Crippen LogP contribution in [-0.2, 0) is 11.2 Å². The van der Waals surface area contributed by atoms with Crippen molar-refractivity contribution in [2.75, 3.05) is 13.2 Å². The number of aliphatic hydroxyl groups excluding tert-OH is 1. The number of nitrogens with one attached hydrogen (secondary N) is 1. The number of nitrogens with zero attached hydrogens (tertiary/aromatic N) is 3. The average Bonchev–Trinajstić information content (AvgIpc) is 3.18. The summed E-state index contributed by atoms with van der Waals surface area (Å²) in [6, 6.07) is 13.5. The van der Waals surface area contributed by atoms with Crippen LogP contribution >= 0.6 is 0 Å². The van der Waals surface area contributed by atoms with Crippen LogP contribution in [0.15, 0.2) is 42.5 Å². The quantitative estimate of drug-likeness (QED) is 0.643. The molecule has 0 saturated heterocycles. The first kappa shape index (κ1) is 19.4. The Morgan fingerprint density at radius 1 is 1.10 bits per heavy atom. The van der Waals surface area contributed by atoms with Crippen molar-refractivity contribution < 1.29 is 14.6 Å². The van der Waals surface area contributed by atoms with Crippen LogP contribution in [0, 0.1) is 0 Å². The molecule has 0 radical (unpaired) electrons. The van der Waals surface area contributed by atoms with E-state index in [1.807, 2.05) is 42.5 Å². The maximum absolute atomic E-state index is 12.3. The summed E-state index contributed by atoms with van der Waals surface area (Å²) in [4.78, 5) is 13.9. The lowest BCUT2D eigenvalue weighted by Gasteiger charge is -2.22. The highest BCUT2D eigenvalue weighted by atomic mass is 16.5. The van der Waals surface area contributed by atoms with Gasteiger partial charge in [-0.1, -0.05) is 37.5 Å². The van der Waals surface area contributed by atoms with Gasteiger partial charge in [0.15, 0.2) is 6.61 Å². The maximum atomic E-state index is 12.3. The van der Waals surface area contributed by atoms with Gasteiger partial charge in [0.2, 0.25) is 0 Å². The molecule has 2 aromatic carbocycles. The number of benzene rings is 2. The van der Waals surface area contributed by atoms with E-state index in [0.29, 0.717) is 17.9 Å². The van der Waals surface area contributed by atoms with E-state index in [0.717, 1.165) is 29.4 Å². The molecule has 0 atom stereocenters. The van der Waals surface area contributed by atoms with E-state index in [1.165, 1.54) is 24.1 Å². The summed E-state index contributed by atoms with van der Waals surface area (Å²) < 4.78 is 5.85. The monoisotopic (exact) mass is 394 g/mol. The lowest BCUT2D eigenvalue weighted by atomic mass is 9.95. The van der Waals surface area contributed by atoms with Crippen molar-refractivity contribution in [2.45, 2.75) is 44.6 Å². The van der Waals surface area contributed by atoms with E-state index in [9.17, 15) is 9.90 Å². The van der Waals surface area contributed by atoms with Gasteiger partial charge < -0.3 is 15.2 Å². The molecule has 3 aromatic rings. The van der Waals surface area contributed by atoms with Crippen molar-refractivity contribution in [2.24, 2.45) is 0 Å². The topological polar surface area (TPSA) is 89.3 Å². The fraction of sp³-hybridized carbons (Fsp3) is 0.409. The normalized spacial score (nSPS) is 14.8. The predicted molar refractivity (Wildman–Crippen MR) is 110 cm³/mol. The molecular formula is C22H26N4O3. The van der Waals surface area contributed by atoms with Crippen molar-refractivity contribution in [3.05, 3.63) is 48.0 Å². The minimum absolute atomic E-state index is 0.0519. The third-order valence-corrected chi connectivity index (χ3v) is 5.25. The molecule has 0 spiro atoms. The summed E-state index contributed by atoms with van der Waals surface area (Å²) in [5, 5.41) is 21.4. The third kappa shape index (κ3) is 4.74. The molecule has 4 rings (SSSR count). The number of aliphatic hydroxyl groups is 1. The van der Waals surface area contributed by atoms with Gasteiger partial charge in [0, 0.05) is 12.6 Å². The first-order chi connectivity index (χ1) is 14.2. The SMILES string of the molecule is O=C(COc1ccc(CCO)cc1-n1nc2ccccc2n1)NC1CCCCC1. The van der Waals surface area contributed by atoms with Gasteiger partial charge in [-0.25, -0.2) is 0 Å². The number of carbonyl (C=O) groups excluding carboxylic acids is 1. The number of hydrogen-bond acceptors (Lipinski definition) is 5. The van der Waals surface area contributed by atoms with E-state index in [2.05, 4.69) is 15.5 Å². The van der Waals surface area contributed by atoms with Gasteiger partial charge >= 0.3 is 0 Å². The lowest BCUT2D eigenvalue weighted by molar-refractivity contribution is -0.124. The molecule has 0 unspecified atom stereocenters. The summed E-state index contributed by atoms with van der Waals surface area (Å²) in [6.07, 6.45) is 6.18. The zero-order valence-electron chi connectivity index (χ0n) is 16.4. The first-order valence-corrected chi connectivity index (χ1v) is 10.2. The smallest absolute Gasteiger partial charge is 0.258 e. The molecule has 1 saturated carbocycles. The molecule has 1 aliphatic rings. The zero-order valence-corrected chi connectivity index (χ0v) is 16.4. The molecule has 1 aliphatic carbocycles. The van der Waals surface area contributed by atoms with Gasteiger partial charge in [-0.15, -0.1) is 15.0 Å². The van der Waals surface area contributed by atoms with Crippen LogP contribution in [0.3, 0.4) is 0 Å². The van der Waals surface area contributed by atoms with Crippen molar-refractivity contribution in [1.82, 2.24) is 20.3 Å². The van der Waals surface area contributed by atoms with Gasteiger partial charge in [0.25, 0.3) is 5.91 Å². The molecule has 29 heavy (non-hydrogen) atoms. The fourth-order valence-corrected chi connectivity index (χ4v) is 3.75. The highest BCUT2D eigenvalue weighted by Gasteiger charge is 2.17. The number of ether oxygens (including phenoxy) is 1. The van der Waals surface area contributed by atoms with Crippen LogP contribution in [0.25, 0.3) is 16.7 Å².